The molecule has 0 aliphatic carbocycles. The summed E-state index contributed by atoms with van der Waals surface area (Å²) in [6, 6.07) is 8.19. The first-order chi connectivity index (χ1) is 13.7. The highest BCUT2D eigenvalue weighted by molar-refractivity contribution is 7.98. The van der Waals surface area contributed by atoms with Crippen LogP contribution < -0.4 is 5.32 Å². The number of benzene rings is 1. The number of carbonyl (C=O) groups excluding carboxylic acids is 1. The number of fused-ring (bicyclic) bond motifs is 1. The van der Waals surface area contributed by atoms with Gasteiger partial charge in [0, 0.05) is 31.0 Å². The molecular formula is C21H30N4O2S. The Labute approximate surface area is 171 Å². The summed E-state index contributed by atoms with van der Waals surface area (Å²) in [6.07, 6.45) is 6.15. The second-order valence-corrected chi connectivity index (χ2v) is 6.03. The average Bonchev–Trinajstić information content (AvgIpc) is 3.17. The fraction of sp³-hybridized carbons (Fsp3) is 0.381. The molecule has 0 atom stereocenters. The Hall–Kier alpha value is -2.38. The Balaban J connectivity index is 0.000000921. The van der Waals surface area contributed by atoms with Crippen molar-refractivity contribution in [3.8, 4) is 0 Å². The van der Waals surface area contributed by atoms with E-state index in [1.54, 1.807) is 0 Å². The molecule has 0 bridgehead atoms. The van der Waals surface area contributed by atoms with Crippen molar-refractivity contribution in [2.75, 3.05) is 18.2 Å². The molecule has 0 radical (unpaired) electrons. The number of nitrogens with zero attached hydrogens (tertiary/aromatic N) is 3. The first kappa shape index (κ1) is 23.7. The van der Waals surface area contributed by atoms with Gasteiger partial charge in [0.2, 0.25) is 0 Å². The topological polar surface area (TPSA) is 80.0 Å². The maximum Gasteiger partial charge on any atom is 0.189 e. The van der Waals surface area contributed by atoms with Gasteiger partial charge in [-0.2, -0.15) is 0 Å². The van der Waals surface area contributed by atoms with Crippen LogP contribution in [0.4, 0.5) is 5.82 Å². The maximum atomic E-state index is 11.1. The highest BCUT2D eigenvalue weighted by Gasteiger charge is 2.07. The Morgan fingerprint density at radius 1 is 1.21 bits per heavy atom. The fourth-order valence-electron chi connectivity index (χ4n) is 2.55. The normalized spacial score (nSPS) is 9.79. The van der Waals surface area contributed by atoms with Crippen molar-refractivity contribution in [2.45, 2.75) is 45.9 Å². The van der Waals surface area contributed by atoms with Crippen molar-refractivity contribution in [1.29, 1.82) is 0 Å². The molecule has 1 aromatic carbocycles. The lowest BCUT2D eigenvalue weighted by Gasteiger charge is -2.09. The zero-order valence-corrected chi connectivity index (χ0v) is 18.1. The van der Waals surface area contributed by atoms with E-state index in [-0.39, 0.29) is 6.61 Å². The first-order valence-corrected chi connectivity index (χ1v) is 10.8. The second kappa shape index (κ2) is 12.9. The van der Waals surface area contributed by atoms with E-state index >= 15 is 0 Å². The van der Waals surface area contributed by atoms with Crippen molar-refractivity contribution in [3.63, 3.8) is 0 Å². The zero-order chi connectivity index (χ0) is 20.9. The molecule has 28 heavy (non-hydrogen) atoms. The number of carbonyl (C=O) groups is 1. The summed E-state index contributed by atoms with van der Waals surface area (Å²) in [5.74, 6) is 0.544. The number of nitrogens with one attached hydrogen (secondary N) is 1. The van der Waals surface area contributed by atoms with Crippen LogP contribution >= 0.6 is 11.8 Å². The molecule has 0 aliphatic rings. The highest BCUT2D eigenvalue weighted by Crippen LogP contribution is 2.20. The van der Waals surface area contributed by atoms with Crippen LogP contribution in [0.1, 0.15) is 43.6 Å². The summed E-state index contributed by atoms with van der Waals surface area (Å²) in [7, 11) is 0. The van der Waals surface area contributed by atoms with Crippen molar-refractivity contribution in [3.05, 3.63) is 47.8 Å². The summed E-state index contributed by atoms with van der Waals surface area (Å²) in [4.78, 5) is 19.6. The molecule has 3 rings (SSSR count). The number of rotatable bonds is 7. The van der Waals surface area contributed by atoms with E-state index in [0.29, 0.717) is 29.6 Å². The van der Waals surface area contributed by atoms with Crippen molar-refractivity contribution >= 4 is 34.8 Å². The monoisotopic (exact) mass is 402 g/mol. The third-order valence-electron chi connectivity index (χ3n) is 3.74. The van der Waals surface area contributed by atoms with Gasteiger partial charge in [-0.05, 0) is 35.4 Å². The van der Waals surface area contributed by atoms with Crippen molar-refractivity contribution in [1.82, 2.24) is 14.5 Å². The molecule has 2 heterocycles. The standard InChI is InChI=1S/C17H18N4O2S.2C2H6/c1-24-17-19-10-14(11-23)16(20-17)18-9-12-2-3-15-13(8-12)4-5-21(15)6-7-22;2*1-2/h2-5,8,10-11,22H,6-7,9H2,1H3,(H,18,19,20);2*1-2H3. The summed E-state index contributed by atoms with van der Waals surface area (Å²) >= 11 is 1.43. The van der Waals surface area contributed by atoms with Gasteiger partial charge in [-0.25, -0.2) is 9.97 Å². The number of aliphatic hydroxyl groups is 1. The van der Waals surface area contributed by atoms with Crippen LogP contribution in [0.25, 0.3) is 10.9 Å². The van der Waals surface area contributed by atoms with Gasteiger partial charge in [0.15, 0.2) is 11.4 Å². The summed E-state index contributed by atoms with van der Waals surface area (Å²) < 4.78 is 2.02. The summed E-state index contributed by atoms with van der Waals surface area (Å²) in [5.41, 5.74) is 2.63. The molecule has 3 aromatic rings. The Morgan fingerprint density at radius 3 is 2.61 bits per heavy atom. The van der Waals surface area contributed by atoms with E-state index in [9.17, 15) is 4.79 Å². The first-order valence-electron chi connectivity index (χ1n) is 9.54. The molecule has 0 fully saturated rings. The van der Waals surface area contributed by atoms with Gasteiger partial charge in [-0.15, -0.1) is 0 Å². The maximum absolute atomic E-state index is 11.1. The van der Waals surface area contributed by atoms with Gasteiger partial charge >= 0.3 is 0 Å². The predicted molar refractivity (Wildman–Crippen MR) is 118 cm³/mol. The Bertz CT molecular complexity index is 865. The van der Waals surface area contributed by atoms with Crippen LogP contribution in [0.15, 0.2) is 41.8 Å². The molecule has 0 aliphatic heterocycles. The minimum Gasteiger partial charge on any atom is -0.395 e. The van der Waals surface area contributed by atoms with Gasteiger partial charge in [0.25, 0.3) is 0 Å². The Morgan fingerprint density at radius 2 is 1.96 bits per heavy atom. The van der Waals surface area contributed by atoms with Crippen LogP contribution in [0.2, 0.25) is 0 Å². The van der Waals surface area contributed by atoms with E-state index in [1.165, 1.54) is 18.0 Å². The third-order valence-corrected chi connectivity index (χ3v) is 4.30. The smallest absolute Gasteiger partial charge is 0.189 e. The SMILES string of the molecule is CC.CC.CSc1ncc(C=O)c(NCc2ccc3c(ccn3CCO)c2)n1. The molecule has 0 saturated heterocycles. The fourth-order valence-corrected chi connectivity index (χ4v) is 2.89. The minimum absolute atomic E-state index is 0.118. The number of thioether (sulfide) groups is 1. The molecule has 0 saturated carbocycles. The minimum atomic E-state index is 0.118. The van der Waals surface area contributed by atoms with E-state index < -0.39 is 0 Å². The van der Waals surface area contributed by atoms with Crippen LogP contribution in [-0.2, 0) is 13.1 Å². The van der Waals surface area contributed by atoms with Crippen LogP contribution in [-0.4, -0.2) is 38.8 Å². The van der Waals surface area contributed by atoms with E-state index in [4.69, 9.17) is 5.11 Å². The lowest BCUT2D eigenvalue weighted by Crippen LogP contribution is -2.06. The van der Waals surface area contributed by atoms with Crippen LogP contribution in [0.3, 0.4) is 0 Å². The highest BCUT2D eigenvalue weighted by atomic mass is 32.2. The summed E-state index contributed by atoms with van der Waals surface area (Å²) in [5, 5.41) is 14.0. The third kappa shape index (κ3) is 6.07. The van der Waals surface area contributed by atoms with Gasteiger partial charge < -0.3 is 15.0 Å². The number of hydrogen-bond acceptors (Lipinski definition) is 6. The van der Waals surface area contributed by atoms with E-state index in [1.807, 2.05) is 62.9 Å². The number of hydrogen-bond donors (Lipinski definition) is 2. The van der Waals surface area contributed by atoms with E-state index in [2.05, 4.69) is 21.4 Å². The molecule has 0 amide bonds. The van der Waals surface area contributed by atoms with Crippen molar-refractivity contribution in [2.24, 2.45) is 0 Å². The molecule has 7 heteroatoms. The number of aldehydes is 1. The Kier molecular flexibility index (Phi) is 10.9. The predicted octanol–water partition coefficient (Wildman–Crippen LogP) is 4.62. The summed E-state index contributed by atoms with van der Waals surface area (Å²) in [6.45, 7) is 9.27. The molecular weight excluding hydrogens is 372 g/mol. The average molecular weight is 403 g/mol. The number of aromatic nitrogens is 3. The van der Waals surface area contributed by atoms with Gasteiger partial charge in [-0.3, -0.25) is 4.79 Å². The lowest BCUT2D eigenvalue weighted by atomic mass is 10.1. The quantitative estimate of drug-likeness (QED) is 0.341. The lowest BCUT2D eigenvalue weighted by molar-refractivity contribution is 0.112. The molecule has 0 unspecified atom stereocenters. The van der Waals surface area contributed by atoms with Crippen LogP contribution in [0, 0.1) is 0 Å². The number of aliphatic hydroxyl groups excluding tert-OH is 1. The van der Waals surface area contributed by atoms with Crippen molar-refractivity contribution < 1.29 is 9.90 Å². The van der Waals surface area contributed by atoms with Gasteiger partial charge in [0.1, 0.15) is 5.82 Å². The van der Waals surface area contributed by atoms with Crippen LogP contribution in [0.5, 0.6) is 0 Å². The van der Waals surface area contributed by atoms with E-state index in [0.717, 1.165) is 22.8 Å². The van der Waals surface area contributed by atoms with Gasteiger partial charge in [0.05, 0.1) is 12.2 Å². The molecule has 6 nitrogen and oxygen atoms in total. The number of anilines is 1. The van der Waals surface area contributed by atoms with Gasteiger partial charge in [-0.1, -0.05) is 45.5 Å². The molecule has 2 N–H and O–H groups in total. The second-order valence-electron chi connectivity index (χ2n) is 5.26. The molecule has 152 valence electrons. The zero-order valence-electron chi connectivity index (χ0n) is 17.3. The molecule has 2 aromatic heterocycles. The largest absolute Gasteiger partial charge is 0.395 e. The molecule has 0 spiro atoms.